The van der Waals surface area contributed by atoms with Crippen LogP contribution in [0.5, 0.6) is 0 Å². The fourth-order valence-electron chi connectivity index (χ4n) is 14.6. The van der Waals surface area contributed by atoms with Gasteiger partial charge in [0.25, 0.3) is 0 Å². The Kier molecular flexibility index (Phi) is 9.92. The molecule has 3 aliphatic rings. The second-order valence-corrected chi connectivity index (χ2v) is 21.2. The molecule has 0 amide bonds. The molecule has 2 fully saturated rings. The van der Waals surface area contributed by atoms with Gasteiger partial charge in [-0.1, -0.05) is 208 Å². The molecule has 14 rings (SSSR count). The van der Waals surface area contributed by atoms with Crippen molar-refractivity contribution < 1.29 is 0 Å². The zero-order valence-electron chi connectivity index (χ0n) is 40.7. The summed E-state index contributed by atoms with van der Waals surface area (Å²) in [4.78, 5) is 2.55. The lowest BCUT2D eigenvalue weighted by molar-refractivity contribution is 0.0333. The van der Waals surface area contributed by atoms with Crippen molar-refractivity contribution in [2.24, 2.45) is 23.7 Å². The molecule has 1 spiro atoms. The first-order valence-electron chi connectivity index (χ1n) is 26.2. The molecule has 11 aromatic rings. The molecule has 1 nitrogen and oxygen atoms in total. The van der Waals surface area contributed by atoms with E-state index < -0.39 is 0 Å². The monoisotopic (exact) mass is 911 g/mol. The smallest absolute Gasteiger partial charge is 0.0546 e. The van der Waals surface area contributed by atoms with Crippen molar-refractivity contribution in [3.05, 3.63) is 236 Å². The van der Waals surface area contributed by atoms with E-state index in [0.717, 1.165) is 28.9 Å². The minimum absolute atomic E-state index is 0.00583. The molecule has 2 saturated carbocycles. The van der Waals surface area contributed by atoms with E-state index in [1.165, 1.54) is 120 Å². The average molecular weight is 912 g/mol. The molecule has 0 unspecified atom stereocenters. The highest BCUT2D eigenvalue weighted by Crippen LogP contribution is 2.67. The fraction of sp³-hybridized carbons (Fsp3) is 0.171. The Bertz CT molecular complexity index is 3860. The van der Waals surface area contributed by atoms with Crippen LogP contribution in [0.3, 0.4) is 0 Å². The highest BCUT2D eigenvalue weighted by molar-refractivity contribution is 6.15. The Morgan fingerprint density at radius 1 is 0.408 bits per heavy atom. The minimum atomic E-state index is 0.00583. The zero-order valence-corrected chi connectivity index (χ0v) is 40.7. The first kappa shape index (κ1) is 42.2. The van der Waals surface area contributed by atoms with Crippen molar-refractivity contribution in [3.8, 4) is 44.5 Å². The number of hydrogen-bond acceptors (Lipinski definition) is 1. The summed E-state index contributed by atoms with van der Waals surface area (Å²) in [7, 11) is 0. The molecule has 1 heteroatoms. The molecule has 0 aromatic heterocycles. The number of hydrogen-bond donors (Lipinski definition) is 0. The van der Waals surface area contributed by atoms with Crippen molar-refractivity contribution >= 4 is 60.2 Å². The van der Waals surface area contributed by atoms with Gasteiger partial charge in [-0.3, -0.25) is 0 Å². The van der Waals surface area contributed by atoms with E-state index in [1.807, 2.05) is 0 Å². The van der Waals surface area contributed by atoms with Crippen LogP contribution in [-0.4, -0.2) is 0 Å². The van der Waals surface area contributed by atoms with Crippen LogP contribution >= 0.6 is 0 Å². The van der Waals surface area contributed by atoms with Gasteiger partial charge in [-0.2, -0.15) is 0 Å². The predicted octanol–water partition coefficient (Wildman–Crippen LogP) is 19.5. The molecule has 0 N–H and O–H groups in total. The molecule has 2 bridgehead atoms. The second kappa shape index (κ2) is 16.7. The highest BCUT2D eigenvalue weighted by atomic mass is 15.1. The number of anilines is 3. The van der Waals surface area contributed by atoms with Gasteiger partial charge in [-0.05, 0) is 174 Å². The molecule has 342 valence electrons. The topological polar surface area (TPSA) is 3.24 Å². The molecule has 0 radical (unpaired) electrons. The van der Waals surface area contributed by atoms with Gasteiger partial charge in [0.1, 0.15) is 0 Å². The summed E-state index contributed by atoms with van der Waals surface area (Å²) in [6.45, 7) is 5.00. The van der Waals surface area contributed by atoms with Gasteiger partial charge in [0, 0.05) is 22.1 Å². The van der Waals surface area contributed by atoms with E-state index in [0.29, 0.717) is 11.8 Å². The van der Waals surface area contributed by atoms with Crippen molar-refractivity contribution in [2.45, 2.75) is 51.4 Å². The van der Waals surface area contributed by atoms with Crippen LogP contribution in [0.15, 0.2) is 224 Å². The third-order valence-electron chi connectivity index (χ3n) is 17.4. The van der Waals surface area contributed by atoms with E-state index in [-0.39, 0.29) is 5.41 Å². The van der Waals surface area contributed by atoms with Gasteiger partial charge >= 0.3 is 0 Å². The van der Waals surface area contributed by atoms with Gasteiger partial charge in [-0.15, -0.1) is 0 Å². The molecule has 11 aromatic carbocycles. The molecule has 3 aliphatic carbocycles. The summed E-state index contributed by atoms with van der Waals surface area (Å²) in [6.07, 6.45) is 6.56. The summed E-state index contributed by atoms with van der Waals surface area (Å²) < 4.78 is 0. The van der Waals surface area contributed by atoms with Crippen LogP contribution in [0.4, 0.5) is 17.1 Å². The summed E-state index contributed by atoms with van der Waals surface area (Å²) in [5, 5.41) is 9.96. The summed E-state index contributed by atoms with van der Waals surface area (Å²) >= 11 is 0. The third kappa shape index (κ3) is 6.59. The van der Waals surface area contributed by atoms with Crippen LogP contribution in [-0.2, 0) is 5.41 Å². The number of fused-ring (bicyclic) bond motifs is 13. The van der Waals surface area contributed by atoms with Crippen LogP contribution in [0.25, 0.3) is 87.6 Å². The molecule has 5 atom stereocenters. The van der Waals surface area contributed by atoms with E-state index in [4.69, 9.17) is 0 Å². The largest absolute Gasteiger partial charge is 0.309 e. The maximum atomic E-state index is 2.55. The zero-order chi connectivity index (χ0) is 47.2. The van der Waals surface area contributed by atoms with E-state index in [1.54, 1.807) is 11.1 Å². The highest BCUT2D eigenvalue weighted by Gasteiger charge is 2.58. The van der Waals surface area contributed by atoms with Crippen molar-refractivity contribution in [1.29, 1.82) is 0 Å². The van der Waals surface area contributed by atoms with Crippen molar-refractivity contribution in [2.75, 3.05) is 4.90 Å². The van der Waals surface area contributed by atoms with Gasteiger partial charge in [0.15, 0.2) is 0 Å². The van der Waals surface area contributed by atoms with E-state index in [9.17, 15) is 0 Å². The first-order chi connectivity index (χ1) is 35.0. The van der Waals surface area contributed by atoms with Crippen LogP contribution in [0.2, 0.25) is 0 Å². The summed E-state index contributed by atoms with van der Waals surface area (Å²) in [6, 6.07) is 85.1. The Labute approximate surface area is 418 Å². The SMILES string of the molecule is CC[C@H]1C[C@H]2C[C@@H](C)C[C@H](C2)[C@@]12c1ccccc1-c1cccc(-c3ccc4cc(-c5ccccc5)c(N(c5ccc(-c6cccc7ccccc67)cc5)c5cc6ccccc6c6ccccc56)cc4c3)c12. The van der Waals surface area contributed by atoms with Gasteiger partial charge in [0.05, 0.1) is 11.4 Å². The summed E-state index contributed by atoms with van der Waals surface area (Å²) in [5.41, 5.74) is 17.1. The predicted molar refractivity (Wildman–Crippen MR) is 302 cm³/mol. The lowest BCUT2D eigenvalue weighted by Crippen LogP contribution is -2.50. The lowest BCUT2D eigenvalue weighted by Gasteiger charge is -2.55. The number of nitrogens with zero attached hydrogens (tertiary/aromatic N) is 1. The maximum Gasteiger partial charge on any atom is 0.0546 e. The fourth-order valence-corrected chi connectivity index (χ4v) is 14.6. The molecular formula is C70H57N. The normalized spacial score (nSPS) is 20.1. The van der Waals surface area contributed by atoms with Crippen LogP contribution in [0, 0.1) is 23.7 Å². The van der Waals surface area contributed by atoms with Gasteiger partial charge in [0.2, 0.25) is 0 Å². The Balaban J connectivity index is 1.01. The first-order valence-corrected chi connectivity index (χ1v) is 26.2. The minimum Gasteiger partial charge on any atom is -0.309 e. The number of rotatable bonds is 7. The summed E-state index contributed by atoms with van der Waals surface area (Å²) in [5.74, 6) is 2.83. The molecule has 0 saturated heterocycles. The molecule has 71 heavy (non-hydrogen) atoms. The van der Waals surface area contributed by atoms with E-state index in [2.05, 4.69) is 243 Å². The van der Waals surface area contributed by atoms with Crippen LogP contribution < -0.4 is 4.90 Å². The molecular weight excluding hydrogens is 855 g/mol. The number of benzene rings is 11. The van der Waals surface area contributed by atoms with Crippen molar-refractivity contribution in [1.82, 2.24) is 0 Å². The Hall–Kier alpha value is -7.74. The maximum absolute atomic E-state index is 2.55. The molecule has 0 aliphatic heterocycles. The Morgan fingerprint density at radius 3 is 1.89 bits per heavy atom. The average Bonchev–Trinajstić information content (AvgIpc) is 3.73. The Morgan fingerprint density at radius 2 is 1.04 bits per heavy atom. The third-order valence-corrected chi connectivity index (χ3v) is 17.4. The van der Waals surface area contributed by atoms with Gasteiger partial charge < -0.3 is 4.90 Å². The van der Waals surface area contributed by atoms with Crippen molar-refractivity contribution in [3.63, 3.8) is 0 Å². The lowest BCUT2D eigenvalue weighted by atomic mass is 9.48. The molecule has 0 heterocycles. The quantitative estimate of drug-likeness (QED) is 0.144. The standard InChI is InChI=1S/C70H57N/c1-3-54-39-46-37-45(2)38-55(40-46)70(54)66-30-14-13-25-62(66)64-29-16-28-60(69(64)70)52-32-31-50-42-65(48-17-5-4-6-18-48)68(44-53(50)41-52)71(67-43-51-20-8-10-23-59(51)61-24-11-12-26-63(61)67)56-35-33-49(34-36-56)58-27-15-21-47-19-7-9-22-57(47)58/h4-36,41-46,54-55H,3,37-40H2,1-2H3/t45-,46-,54+,55-,70-/m1/s1. The second-order valence-electron chi connectivity index (χ2n) is 21.2. The van der Waals surface area contributed by atoms with E-state index >= 15 is 0 Å². The van der Waals surface area contributed by atoms with Gasteiger partial charge in [-0.25, -0.2) is 0 Å². The van der Waals surface area contributed by atoms with Crippen LogP contribution in [0.1, 0.15) is 57.1 Å².